The minimum Gasteiger partial charge on any atom is -0.486 e. The first-order valence-corrected chi connectivity index (χ1v) is 11.2. The third-order valence-corrected chi connectivity index (χ3v) is 7.57. The standard InChI is InChI=1S/C21H19F4NO4S/c22-17-4-2-1-3-14(17)13-31(28,29)26-9-7-20(8-10-26)12-18(27)16-6-5-15(21(23,24)25)11-19(16)30-20/h1-6,11H,7-10,12-13H2. The molecule has 2 aromatic rings. The number of nitrogens with zero attached hydrogens (tertiary/aromatic N) is 1. The lowest BCUT2D eigenvalue weighted by Gasteiger charge is -2.43. The highest BCUT2D eigenvalue weighted by molar-refractivity contribution is 7.88. The minimum absolute atomic E-state index is 0.0262. The van der Waals surface area contributed by atoms with Gasteiger partial charge < -0.3 is 4.74 Å². The summed E-state index contributed by atoms with van der Waals surface area (Å²) in [5.74, 6) is -1.58. The van der Waals surface area contributed by atoms with E-state index in [2.05, 4.69) is 0 Å². The van der Waals surface area contributed by atoms with Crippen molar-refractivity contribution in [2.45, 2.75) is 36.8 Å². The van der Waals surface area contributed by atoms with E-state index in [-0.39, 0.29) is 55.0 Å². The molecule has 0 unspecified atom stereocenters. The van der Waals surface area contributed by atoms with Crippen LogP contribution in [0.25, 0.3) is 0 Å². The molecule has 0 saturated carbocycles. The van der Waals surface area contributed by atoms with E-state index in [1.807, 2.05) is 0 Å². The number of alkyl halides is 3. The van der Waals surface area contributed by atoms with Gasteiger partial charge >= 0.3 is 6.18 Å². The predicted octanol–water partition coefficient (Wildman–Crippen LogP) is 4.17. The van der Waals surface area contributed by atoms with Gasteiger partial charge in [-0.25, -0.2) is 17.1 Å². The summed E-state index contributed by atoms with van der Waals surface area (Å²) in [7, 11) is -3.81. The fourth-order valence-corrected chi connectivity index (χ4v) is 5.57. The Labute approximate surface area is 176 Å². The van der Waals surface area contributed by atoms with E-state index < -0.39 is 38.9 Å². The van der Waals surface area contributed by atoms with Crippen molar-refractivity contribution in [1.29, 1.82) is 0 Å². The lowest BCUT2D eigenvalue weighted by molar-refractivity contribution is -0.137. The first-order valence-electron chi connectivity index (χ1n) is 9.64. The van der Waals surface area contributed by atoms with E-state index in [4.69, 9.17) is 4.74 Å². The van der Waals surface area contributed by atoms with Gasteiger partial charge in [0.2, 0.25) is 10.0 Å². The van der Waals surface area contributed by atoms with E-state index in [0.717, 1.165) is 18.2 Å². The number of fused-ring (bicyclic) bond motifs is 1. The van der Waals surface area contributed by atoms with Crippen LogP contribution in [0.2, 0.25) is 0 Å². The summed E-state index contributed by atoms with van der Waals surface area (Å²) < 4.78 is 85.5. The summed E-state index contributed by atoms with van der Waals surface area (Å²) in [6.07, 6.45) is -4.32. The van der Waals surface area contributed by atoms with Gasteiger partial charge in [0.05, 0.1) is 23.3 Å². The van der Waals surface area contributed by atoms with Crippen molar-refractivity contribution in [2.75, 3.05) is 13.1 Å². The first-order chi connectivity index (χ1) is 14.5. The van der Waals surface area contributed by atoms with Gasteiger partial charge in [-0.05, 0) is 24.3 Å². The fraction of sp³-hybridized carbons (Fsp3) is 0.381. The van der Waals surface area contributed by atoms with Gasteiger partial charge in [0.25, 0.3) is 0 Å². The zero-order chi connectivity index (χ0) is 22.4. The van der Waals surface area contributed by atoms with Crippen molar-refractivity contribution in [1.82, 2.24) is 4.31 Å². The average molecular weight is 457 g/mol. The second kappa shape index (κ2) is 7.59. The Morgan fingerprint density at radius 3 is 2.39 bits per heavy atom. The normalized spacial score (nSPS) is 19.2. The first kappa shape index (κ1) is 21.8. The van der Waals surface area contributed by atoms with E-state index in [0.29, 0.717) is 0 Å². The van der Waals surface area contributed by atoms with Crippen LogP contribution in [-0.4, -0.2) is 37.2 Å². The van der Waals surface area contributed by atoms with Crippen LogP contribution in [0.4, 0.5) is 17.6 Å². The maximum Gasteiger partial charge on any atom is 0.416 e. The highest BCUT2D eigenvalue weighted by Gasteiger charge is 2.45. The van der Waals surface area contributed by atoms with Crippen LogP contribution >= 0.6 is 0 Å². The molecule has 0 amide bonds. The van der Waals surface area contributed by atoms with Crippen LogP contribution in [0.5, 0.6) is 5.75 Å². The molecule has 166 valence electrons. The number of hydrogen-bond acceptors (Lipinski definition) is 4. The number of ketones is 1. The zero-order valence-electron chi connectivity index (χ0n) is 16.3. The Kier molecular flexibility index (Phi) is 5.33. The maximum absolute atomic E-state index is 13.9. The molecule has 1 fully saturated rings. The molecule has 0 radical (unpaired) electrons. The Morgan fingerprint density at radius 2 is 1.74 bits per heavy atom. The smallest absolute Gasteiger partial charge is 0.416 e. The molecule has 0 bridgehead atoms. The van der Waals surface area contributed by atoms with E-state index >= 15 is 0 Å². The second-order valence-electron chi connectivity index (χ2n) is 7.84. The van der Waals surface area contributed by atoms with Gasteiger partial charge in [-0.3, -0.25) is 4.79 Å². The number of benzene rings is 2. The quantitative estimate of drug-likeness (QED) is 0.649. The number of hydrogen-bond donors (Lipinski definition) is 0. The lowest BCUT2D eigenvalue weighted by atomic mass is 9.83. The van der Waals surface area contributed by atoms with E-state index in [1.54, 1.807) is 6.07 Å². The zero-order valence-corrected chi connectivity index (χ0v) is 17.1. The number of ether oxygens (including phenoxy) is 1. The van der Waals surface area contributed by atoms with Crippen molar-refractivity contribution >= 4 is 15.8 Å². The van der Waals surface area contributed by atoms with Crippen LogP contribution in [0.1, 0.15) is 40.7 Å². The number of piperidine rings is 1. The molecule has 0 N–H and O–H groups in total. The molecule has 1 saturated heterocycles. The van der Waals surface area contributed by atoms with Gasteiger partial charge in [0, 0.05) is 31.5 Å². The number of Topliss-reactive ketones (excluding diaryl/α,β-unsaturated/α-hetero) is 1. The molecule has 4 rings (SSSR count). The number of rotatable bonds is 3. The topological polar surface area (TPSA) is 63.7 Å². The highest BCUT2D eigenvalue weighted by atomic mass is 32.2. The predicted molar refractivity (Wildman–Crippen MR) is 104 cm³/mol. The Bertz CT molecular complexity index is 1120. The molecule has 2 aromatic carbocycles. The van der Waals surface area contributed by atoms with Crippen molar-refractivity contribution in [3.05, 3.63) is 65.0 Å². The third-order valence-electron chi connectivity index (χ3n) is 5.74. The summed E-state index contributed by atoms with van der Waals surface area (Å²) in [6, 6.07) is 8.37. The monoisotopic (exact) mass is 457 g/mol. The van der Waals surface area contributed by atoms with Gasteiger partial charge in [-0.1, -0.05) is 18.2 Å². The van der Waals surface area contributed by atoms with Crippen LogP contribution in [-0.2, 0) is 22.0 Å². The molecule has 0 atom stereocenters. The van der Waals surface area contributed by atoms with Crippen molar-refractivity contribution in [2.24, 2.45) is 0 Å². The van der Waals surface area contributed by atoms with Crippen LogP contribution in [0.3, 0.4) is 0 Å². The molecule has 1 spiro atoms. The summed E-state index contributed by atoms with van der Waals surface area (Å²) in [4.78, 5) is 12.5. The molecule has 31 heavy (non-hydrogen) atoms. The number of carbonyl (C=O) groups is 1. The van der Waals surface area contributed by atoms with Crippen molar-refractivity contribution in [3.63, 3.8) is 0 Å². The van der Waals surface area contributed by atoms with Crippen LogP contribution in [0.15, 0.2) is 42.5 Å². The molecule has 5 nitrogen and oxygen atoms in total. The molecule has 0 aromatic heterocycles. The molecule has 2 aliphatic heterocycles. The van der Waals surface area contributed by atoms with Crippen molar-refractivity contribution in [3.8, 4) is 5.75 Å². The van der Waals surface area contributed by atoms with Gasteiger partial charge in [0.1, 0.15) is 17.2 Å². The average Bonchev–Trinajstić information content (AvgIpc) is 2.69. The van der Waals surface area contributed by atoms with Gasteiger partial charge in [-0.15, -0.1) is 0 Å². The van der Waals surface area contributed by atoms with E-state index in [9.17, 15) is 30.8 Å². The molecule has 0 aliphatic carbocycles. The Balaban J connectivity index is 1.50. The van der Waals surface area contributed by atoms with E-state index in [1.165, 1.54) is 22.5 Å². The summed E-state index contributed by atoms with van der Waals surface area (Å²) in [5, 5.41) is 0. The van der Waals surface area contributed by atoms with Crippen LogP contribution in [0, 0.1) is 5.82 Å². The fourth-order valence-electron chi connectivity index (χ4n) is 4.02. The molecule has 10 heteroatoms. The summed E-state index contributed by atoms with van der Waals surface area (Å²) >= 11 is 0. The van der Waals surface area contributed by atoms with Gasteiger partial charge in [0.15, 0.2) is 5.78 Å². The second-order valence-corrected chi connectivity index (χ2v) is 9.81. The molecular weight excluding hydrogens is 438 g/mol. The largest absolute Gasteiger partial charge is 0.486 e. The SMILES string of the molecule is O=C1CC2(CCN(S(=O)(=O)Cc3ccccc3F)CC2)Oc2cc(C(F)(F)F)ccc21. The minimum atomic E-state index is -4.57. The third kappa shape index (κ3) is 4.31. The summed E-state index contributed by atoms with van der Waals surface area (Å²) in [6.45, 7) is 0.0523. The Hall–Kier alpha value is -2.46. The molecule has 2 aliphatic rings. The van der Waals surface area contributed by atoms with Crippen LogP contribution < -0.4 is 4.74 Å². The number of halogens is 4. The molecule has 2 heterocycles. The molecular formula is C21H19F4NO4S. The number of sulfonamides is 1. The number of carbonyl (C=O) groups excluding carboxylic acids is 1. The Morgan fingerprint density at radius 1 is 1.06 bits per heavy atom. The maximum atomic E-state index is 13.9. The van der Waals surface area contributed by atoms with Gasteiger partial charge in [-0.2, -0.15) is 13.2 Å². The van der Waals surface area contributed by atoms with Crippen molar-refractivity contribution < 1.29 is 35.5 Å². The summed E-state index contributed by atoms with van der Waals surface area (Å²) in [5.41, 5.74) is -1.83. The highest BCUT2D eigenvalue weighted by Crippen LogP contribution is 2.42. The lowest BCUT2D eigenvalue weighted by Crippen LogP contribution is -2.52.